The lowest BCUT2D eigenvalue weighted by Gasteiger charge is -2.61. The Balaban J connectivity index is 1.66. The van der Waals surface area contributed by atoms with Crippen molar-refractivity contribution < 1.29 is 34.4 Å². The van der Waals surface area contributed by atoms with E-state index >= 15 is 0 Å². The standard InChI is InChI=1S/C17H24O7/c1-2-13(19)24-12(6-18)7-23-14(20)15-3-11-4-16(21,8-15)10-17(22,5-11)9-15/h2,11-12,18,21-22H,1,3-10H2. The van der Waals surface area contributed by atoms with E-state index in [4.69, 9.17) is 9.47 Å². The quantitative estimate of drug-likeness (QED) is 0.463. The van der Waals surface area contributed by atoms with Gasteiger partial charge in [-0.1, -0.05) is 6.58 Å². The maximum atomic E-state index is 12.7. The number of esters is 2. The summed E-state index contributed by atoms with van der Waals surface area (Å²) in [6.45, 7) is 2.52. The van der Waals surface area contributed by atoms with Crippen molar-refractivity contribution in [3.05, 3.63) is 12.7 Å². The van der Waals surface area contributed by atoms with Crippen molar-refractivity contribution >= 4 is 11.9 Å². The number of rotatable bonds is 6. The number of carbonyl (C=O) groups excluding carboxylic acids is 2. The van der Waals surface area contributed by atoms with Crippen LogP contribution in [0.4, 0.5) is 0 Å². The Morgan fingerprint density at radius 1 is 1.17 bits per heavy atom. The highest BCUT2D eigenvalue weighted by molar-refractivity contribution is 5.81. The van der Waals surface area contributed by atoms with Gasteiger partial charge in [-0.2, -0.15) is 0 Å². The molecule has 7 heteroatoms. The first-order valence-corrected chi connectivity index (χ1v) is 8.27. The van der Waals surface area contributed by atoms with E-state index in [9.17, 15) is 24.9 Å². The Morgan fingerprint density at radius 2 is 1.79 bits per heavy atom. The molecule has 0 radical (unpaired) electrons. The minimum Gasteiger partial charge on any atom is -0.461 e. The van der Waals surface area contributed by atoms with Crippen molar-refractivity contribution in [2.75, 3.05) is 13.2 Å². The normalized spacial score (nSPS) is 40.9. The van der Waals surface area contributed by atoms with Gasteiger partial charge < -0.3 is 24.8 Å². The molecule has 3 atom stereocenters. The van der Waals surface area contributed by atoms with E-state index in [2.05, 4.69) is 6.58 Å². The zero-order valence-corrected chi connectivity index (χ0v) is 13.6. The van der Waals surface area contributed by atoms with Gasteiger partial charge in [-0.15, -0.1) is 0 Å². The third-order valence-corrected chi connectivity index (χ3v) is 5.50. The maximum absolute atomic E-state index is 12.7. The molecular formula is C17H24O7. The van der Waals surface area contributed by atoms with Crippen LogP contribution in [0.25, 0.3) is 0 Å². The van der Waals surface area contributed by atoms with Crippen molar-refractivity contribution in [1.82, 2.24) is 0 Å². The molecule has 4 bridgehead atoms. The van der Waals surface area contributed by atoms with Crippen LogP contribution in [0.15, 0.2) is 12.7 Å². The van der Waals surface area contributed by atoms with Crippen LogP contribution >= 0.6 is 0 Å². The molecule has 0 aromatic carbocycles. The lowest BCUT2D eigenvalue weighted by atomic mass is 9.46. The molecule has 4 rings (SSSR count). The summed E-state index contributed by atoms with van der Waals surface area (Å²) in [7, 11) is 0. The predicted octanol–water partition coefficient (Wildman–Crippen LogP) is 0.0659. The summed E-state index contributed by atoms with van der Waals surface area (Å²) in [4.78, 5) is 23.8. The van der Waals surface area contributed by atoms with Crippen LogP contribution < -0.4 is 0 Å². The zero-order chi connectivity index (χ0) is 17.6. The minimum atomic E-state index is -1.02. The Labute approximate surface area is 140 Å². The lowest BCUT2D eigenvalue weighted by Crippen LogP contribution is -2.65. The van der Waals surface area contributed by atoms with E-state index in [0.717, 1.165) is 6.08 Å². The minimum absolute atomic E-state index is 0.107. The predicted molar refractivity (Wildman–Crippen MR) is 81.6 cm³/mol. The first kappa shape index (κ1) is 17.4. The van der Waals surface area contributed by atoms with Gasteiger partial charge in [0, 0.05) is 12.5 Å². The average molecular weight is 340 g/mol. The molecule has 4 aliphatic rings. The number of aliphatic hydroxyl groups excluding tert-OH is 1. The van der Waals surface area contributed by atoms with Crippen LogP contribution in [-0.4, -0.2) is 57.8 Å². The monoisotopic (exact) mass is 340 g/mol. The van der Waals surface area contributed by atoms with Gasteiger partial charge in [0.15, 0.2) is 6.10 Å². The fourth-order valence-corrected chi connectivity index (χ4v) is 5.22. The number of carbonyl (C=O) groups is 2. The zero-order valence-electron chi connectivity index (χ0n) is 13.6. The Kier molecular flexibility index (Phi) is 4.22. The van der Waals surface area contributed by atoms with Crippen molar-refractivity contribution in [3.8, 4) is 0 Å². The average Bonchev–Trinajstić information content (AvgIpc) is 2.47. The highest BCUT2D eigenvalue weighted by Gasteiger charge is 2.65. The summed E-state index contributed by atoms with van der Waals surface area (Å²) >= 11 is 0. The summed E-state index contributed by atoms with van der Waals surface area (Å²) in [6, 6.07) is 0. The molecular weight excluding hydrogens is 316 g/mol. The summed E-state index contributed by atoms with van der Waals surface area (Å²) in [5.41, 5.74) is -2.93. The third-order valence-electron chi connectivity index (χ3n) is 5.50. The first-order valence-electron chi connectivity index (χ1n) is 8.27. The van der Waals surface area contributed by atoms with Gasteiger partial charge in [-0.25, -0.2) is 4.79 Å². The van der Waals surface area contributed by atoms with Crippen molar-refractivity contribution in [2.24, 2.45) is 11.3 Å². The second kappa shape index (κ2) is 5.82. The van der Waals surface area contributed by atoms with Crippen LogP contribution in [-0.2, 0) is 19.1 Å². The van der Waals surface area contributed by atoms with Crippen molar-refractivity contribution in [3.63, 3.8) is 0 Å². The second-order valence-corrected chi connectivity index (χ2v) is 7.78. The highest BCUT2D eigenvalue weighted by atomic mass is 16.6. The topological polar surface area (TPSA) is 113 Å². The lowest BCUT2D eigenvalue weighted by molar-refractivity contribution is -0.238. The highest BCUT2D eigenvalue weighted by Crippen LogP contribution is 2.63. The van der Waals surface area contributed by atoms with E-state index in [1.54, 1.807) is 0 Å². The van der Waals surface area contributed by atoms with Gasteiger partial charge in [0.2, 0.25) is 0 Å². The van der Waals surface area contributed by atoms with Crippen molar-refractivity contribution in [1.29, 1.82) is 0 Å². The number of ether oxygens (including phenoxy) is 2. The van der Waals surface area contributed by atoms with Crippen LogP contribution in [0, 0.1) is 11.3 Å². The molecule has 24 heavy (non-hydrogen) atoms. The van der Waals surface area contributed by atoms with Gasteiger partial charge in [0.05, 0.1) is 23.2 Å². The maximum Gasteiger partial charge on any atom is 0.330 e. The molecule has 0 heterocycles. The fourth-order valence-electron chi connectivity index (χ4n) is 5.22. The van der Waals surface area contributed by atoms with Gasteiger partial charge in [0.25, 0.3) is 0 Å². The molecule has 0 aromatic heterocycles. The van der Waals surface area contributed by atoms with Crippen LogP contribution in [0.3, 0.4) is 0 Å². The molecule has 4 saturated carbocycles. The van der Waals surface area contributed by atoms with Gasteiger partial charge >= 0.3 is 11.9 Å². The molecule has 4 aliphatic carbocycles. The van der Waals surface area contributed by atoms with Crippen LogP contribution in [0.1, 0.15) is 38.5 Å². The molecule has 0 spiro atoms. The third kappa shape index (κ3) is 3.08. The Morgan fingerprint density at radius 3 is 2.29 bits per heavy atom. The SMILES string of the molecule is C=CC(=O)OC(CO)COC(=O)C12CC3CC(O)(CC(O)(C3)C1)C2. The van der Waals surface area contributed by atoms with E-state index < -0.39 is 41.3 Å². The summed E-state index contributed by atoms with van der Waals surface area (Å²) < 4.78 is 10.2. The molecule has 4 fully saturated rings. The molecule has 0 saturated heterocycles. The smallest absolute Gasteiger partial charge is 0.330 e. The molecule has 3 unspecified atom stereocenters. The first-order chi connectivity index (χ1) is 11.2. The molecule has 0 aromatic rings. The van der Waals surface area contributed by atoms with Gasteiger partial charge in [-0.05, 0) is 38.0 Å². The second-order valence-electron chi connectivity index (χ2n) is 7.78. The Hall–Kier alpha value is -1.44. The van der Waals surface area contributed by atoms with Gasteiger partial charge in [-0.3, -0.25) is 4.79 Å². The van der Waals surface area contributed by atoms with Crippen molar-refractivity contribution in [2.45, 2.75) is 55.8 Å². The molecule has 7 nitrogen and oxygen atoms in total. The molecule has 0 aliphatic heterocycles. The van der Waals surface area contributed by atoms with E-state index in [-0.39, 0.29) is 25.4 Å². The molecule has 3 N–H and O–H groups in total. The van der Waals surface area contributed by atoms with E-state index in [1.165, 1.54) is 0 Å². The molecule has 0 amide bonds. The Bertz CT molecular complexity index is 539. The summed E-state index contributed by atoms with van der Waals surface area (Å²) in [5, 5.41) is 30.6. The summed E-state index contributed by atoms with van der Waals surface area (Å²) in [5.74, 6) is -1.10. The van der Waals surface area contributed by atoms with E-state index in [1.807, 2.05) is 0 Å². The molecule has 134 valence electrons. The summed E-state index contributed by atoms with van der Waals surface area (Å²) in [6.07, 6.45) is 2.70. The number of hydrogen-bond donors (Lipinski definition) is 3. The van der Waals surface area contributed by atoms with Crippen LogP contribution in [0.2, 0.25) is 0 Å². The fraction of sp³-hybridized carbons (Fsp3) is 0.765. The number of hydrogen-bond acceptors (Lipinski definition) is 7. The number of aliphatic hydroxyl groups is 3. The largest absolute Gasteiger partial charge is 0.461 e. The van der Waals surface area contributed by atoms with E-state index in [0.29, 0.717) is 25.7 Å². The van der Waals surface area contributed by atoms with Crippen LogP contribution in [0.5, 0.6) is 0 Å². The van der Waals surface area contributed by atoms with Gasteiger partial charge in [0.1, 0.15) is 6.61 Å².